The van der Waals surface area contributed by atoms with Crippen molar-refractivity contribution >= 4 is 0 Å². The molecule has 0 N–H and O–H groups in total. The van der Waals surface area contributed by atoms with E-state index in [4.69, 9.17) is 0 Å². The first-order chi connectivity index (χ1) is 7.83. The van der Waals surface area contributed by atoms with Crippen molar-refractivity contribution in [2.45, 2.75) is 83.5 Å². The minimum atomic E-state index is 0.851. The summed E-state index contributed by atoms with van der Waals surface area (Å²) in [5.74, 6) is 0. The SMILES string of the molecule is C1CCC2(C1)CCC[C@@]21CCCC12CCC2. The van der Waals surface area contributed by atoms with Gasteiger partial charge >= 0.3 is 0 Å². The molecular formula is C16H26. The molecule has 0 amide bonds. The van der Waals surface area contributed by atoms with E-state index in [0.717, 1.165) is 16.2 Å². The molecule has 0 unspecified atom stereocenters. The largest absolute Gasteiger partial charge is 0.0527 e. The lowest BCUT2D eigenvalue weighted by Crippen LogP contribution is -2.49. The van der Waals surface area contributed by atoms with E-state index < -0.39 is 0 Å². The number of hydrogen-bond acceptors (Lipinski definition) is 0. The summed E-state index contributed by atoms with van der Waals surface area (Å²) < 4.78 is 0. The van der Waals surface area contributed by atoms with Crippen molar-refractivity contribution < 1.29 is 0 Å². The van der Waals surface area contributed by atoms with Crippen LogP contribution >= 0.6 is 0 Å². The van der Waals surface area contributed by atoms with Crippen LogP contribution in [-0.4, -0.2) is 0 Å². The third-order valence-corrected chi connectivity index (χ3v) is 7.42. The van der Waals surface area contributed by atoms with Crippen LogP contribution in [0.15, 0.2) is 0 Å². The average Bonchev–Trinajstić information content (AvgIpc) is 2.89. The van der Waals surface area contributed by atoms with Crippen LogP contribution in [-0.2, 0) is 0 Å². The van der Waals surface area contributed by atoms with Gasteiger partial charge in [-0.1, -0.05) is 32.1 Å². The second-order valence-electron chi connectivity index (χ2n) is 7.41. The standard InChI is InChI=1S/C16H26/c1-2-7-14(6-1)10-4-12-16(14)13-5-11-15(16)8-3-9-15/h1-13H2/t16-/m1/s1. The Balaban J connectivity index is 1.78. The van der Waals surface area contributed by atoms with Gasteiger partial charge < -0.3 is 0 Å². The summed E-state index contributed by atoms with van der Waals surface area (Å²) in [4.78, 5) is 0. The van der Waals surface area contributed by atoms with Gasteiger partial charge in [0.15, 0.2) is 0 Å². The molecule has 0 saturated heterocycles. The lowest BCUT2D eigenvalue weighted by molar-refractivity contribution is -0.0884. The van der Waals surface area contributed by atoms with Crippen molar-refractivity contribution in [2.75, 3.05) is 0 Å². The molecule has 16 heavy (non-hydrogen) atoms. The van der Waals surface area contributed by atoms with Crippen LogP contribution in [0.3, 0.4) is 0 Å². The predicted molar refractivity (Wildman–Crippen MR) is 67.3 cm³/mol. The zero-order valence-electron chi connectivity index (χ0n) is 10.7. The summed E-state index contributed by atoms with van der Waals surface area (Å²) in [6.07, 6.45) is 20.7. The van der Waals surface area contributed by atoms with Crippen LogP contribution in [0.1, 0.15) is 83.5 Å². The molecule has 0 aromatic carbocycles. The van der Waals surface area contributed by atoms with Crippen LogP contribution in [0, 0.1) is 16.2 Å². The molecule has 0 radical (unpaired) electrons. The van der Waals surface area contributed by atoms with Crippen LogP contribution < -0.4 is 0 Å². The maximum Gasteiger partial charge on any atom is -0.0184 e. The van der Waals surface area contributed by atoms with Gasteiger partial charge in [0, 0.05) is 0 Å². The van der Waals surface area contributed by atoms with Gasteiger partial charge in [0.2, 0.25) is 0 Å². The quantitative estimate of drug-likeness (QED) is 0.532. The molecule has 0 nitrogen and oxygen atoms in total. The highest BCUT2D eigenvalue weighted by molar-refractivity contribution is 5.17. The van der Waals surface area contributed by atoms with Crippen molar-refractivity contribution in [3.8, 4) is 0 Å². The lowest BCUT2D eigenvalue weighted by Gasteiger charge is -2.58. The Labute approximate surface area is 100 Å². The van der Waals surface area contributed by atoms with Gasteiger partial charge in [-0.3, -0.25) is 0 Å². The van der Waals surface area contributed by atoms with Crippen LogP contribution in [0.5, 0.6) is 0 Å². The van der Waals surface area contributed by atoms with Gasteiger partial charge in [-0.2, -0.15) is 0 Å². The first kappa shape index (κ1) is 9.97. The molecule has 1 atom stereocenters. The highest BCUT2D eigenvalue weighted by Crippen LogP contribution is 2.77. The molecule has 0 bridgehead atoms. The topological polar surface area (TPSA) is 0 Å². The molecule has 4 aliphatic rings. The Morgan fingerprint density at radius 3 is 1.19 bits per heavy atom. The Morgan fingerprint density at radius 2 is 0.750 bits per heavy atom. The maximum atomic E-state index is 1.62. The van der Waals surface area contributed by atoms with Gasteiger partial charge in [-0.15, -0.1) is 0 Å². The van der Waals surface area contributed by atoms with Gasteiger partial charge in [-0.05, 0) is 67.6 Å². The van der Waals surface area contributed by atoms with Gasteiger partial charge in [0.05, 0.1) is 0 Å². The van der Waals surface area contributed by atoms with E-state index in [1.807, 2.05) is 0 Å². The minimum Gasteiger partial charge on any atom is -0.0527 e. The molecule has 4 rings (SSSR count). The van der Waals surface area contributed by atoms with E-state index in [0.29, 0.717) is 0 Å². The van der Waals surface area contributed by atoms with Gasteiger partial charge in [0.1, 0.15) is 0 Å². The molecule has 4 aliphatic carbocycles. The highest BCUT2D eigenvalue weighted by atomic mass is 14.7. The Hall–Kier alpha value is 0. The summed E-state index contributed by atoms with van der Waals surface area (Å²) in [7, 11) is 0. The third-order valence-electron chi connectivity index (χ3n) is 7.42. The van der Waals surface area contributed by atoms with E-state index >= 15 is 0 Å². The van der Waals surface area contributed by atoms with Gasteiger partial charge in [-0.25, -0.2) is 0 Å². The third kappa shape index (κ3) is 0.910. The first-order valence-corrected chi connectivity index (χ1v) is 7.83. The summed E-state index contributed by atoms with van der Waals surface area (Å²) in [5.41, 5.74) is 2.58. The Kier molecular flexibility index (Phi) is 1.91. The van der Waals surface area contributed by atoms with Gasteiger partial charge in [0.25, 0.3) is 0 Å². The molecule has 4 fully saturated rings. The van der Waals surface area contributed by atoms with Crippen molar-refractivity contribution in [3.05, 3.63) is 0 Å². The molecular weight excluding hydrogens is 192 g/mol. The monoisotopic (exact) mass is 218 g/mol. The van der Waals surface area contributed by atoms with Crippen LogP contribution in [0.2, 0.25) is 0 Å². The van der Waals surface area contributed by atoms with E-state index in [-0.39, 0.29) is 0 Å². The Bertz CT molecular complexity index is 284. The molecule has 90 valence electrons. The van der Waals surface area contributed by atoms with E-state index in [9.17, 15) is 0 Å². The summed E-state index contributed by atoms with van der Waals surface area (Å²) in [5, 5.41) is 0. The summed E-state index contributed by atoms with van der Waals surface area (Å²) in [6, 6.07) is 0. The van der Waals surface area contributed by atoms with Crippen molar-refractivity contribution in [1.82, 2.24) is 0 Å². The molecule has 0 aromatic heterocycles. The maximum absolute atomic E-state index is 1.62. The molecule has 4 saturated carbocycles. The molecule has 0 heterocycles. The van der Waals surface area contributed by atoms with Crippen molar-refractivity contribution in [1.29, 1.82) is 0 Å². The Morgan fingerprint density at radius 1 is 0.375 bits per heavy atom. The average molecular weight is 218 g/mol. The smallest absolute Gasteiger partial charge is 0.0184 e. The highest BCUT2D eigenvalue weighted by Gasteiger charge is 2.67. The zero-order valence-corrected chi connectivity index (χ0v) is 10.7. The number of hydrogen-bond donors (Lipinski definition) is 0. The number of fused-ring (bicyclic) bond motifs is 2. The fraction of sp³-hybridized carbons (Fsp3) is 1.00. The minimum absolute atomic E-state index is 0.851. The normalized spacial score (nSPS) is 43.5. The molecule has 0 heteroatoms. The molecule has 0 aliphatic heterocycles. The van der Waals surface area contributed by atoms with Crippen LogP contribution in [0.4, 0.5) is 0 Å². The second-order valence-corrected chi connectivity index (χ2v) is 7.41. The lowest BCUT2D eigenvalue weighted by atomic mass is 9.46. The summed E-state index contributed by atoms with van der Waals surface area (Å²) in [6.45, 7) is 0. The summed E-state index contributed by atoms with van der Waals surface area (Å²) >= 11 is 0. The fourth-order valence-electron chi connectivity index (χ4n) is 6.80. The predicted octanol–water partition coefficient (Wildman–Crippen LogP) is 5.07. The molecule has 3 spiro atoms. The van der Waals surface area contributed by atoms with E-state index in [2.05, 4.69) is 0 Å². The van der Waals surface area contributed by atoms with E-state index in [1.165, 1.54) is 0 Å². The molecule has 0 aromatic rings. The van der Waals surface area contributed by atoms with Crippen molar-refractivity contribution in [2.24, 2.45) is 16.2 Å². The zero-order chi connectivity index (χ0) is 10.7. The van der Waals surface area contributed by atoms with Crippen LogP contribution in [0.25, 0.3) is 0 Å². The fourth-order valence-corrected chi connectivity index (χ4v) is 6.80. The number of rotatable bonds is 0. The second kappa shape index (κ2) is 3.06. The van der Waals surface area contributed by atoms with Crippen molar-refractivity contribution in [3.63, 3.8) is 0 Å². The first-order valence-electron chi connectivity index (χ1n) is 7.83. The van der Waals surface area contributed by atoms with E-state index in [1.54, 1.807) is 83.5 Å².